The van der Waals surface area contributed by atoms with E-state index in [2.05, 4.69) is 18.9 Å². The van der Waals surface area contributed by atoms with Crippen molar-refractivity contribution in [2.24, 2.45) is 5.10 Å². The molecule has 0 aliphatic heterocycles. The molecule has 0 bridgehead atoms. The zero-order valence-corrected chi connectivity index (χ0v) is 8.77. The summed E-state index contributed by atoms with van der Waals surface area (Å²) in [6.45, 7) is 4.24. The number of nitrogens with zero attached hydrogens (tertiary/aromatic N) is 1. The summed E-state index contributed by atoms with van der Waals surface area (Å²) in [4.78, 5) is 10.1. The molecule has 0 spiro atoms. The molecule has 0 radical (unpaired) electrons. The molecule has 0 heterocycles. The number of carbonyl (C=O) groups is 1. The normalized spacial score (nSPS) is 10.9. The molecule has 0 unspecified atom stereocenters. The van der Waals surface area contributed by atoms with Crippen LogP contribution in [0.4, 0.5) is 4.79 Å². The van der Waals surface area contributed by atoms with Crippen molar-refractivity contribution in [2.45, 2.75) is 19.8 Å². The van der Waals surface area contributed by atoms with Crippen LogP contribution in [0.15, 0.2) is 29.4 Å². The highest BCUT2D eigenvalue weighted by Crippen LogP contribution is 2.13. The molecule has 1 aromatic rings. The van der Waals surface area contributed by atoms with E-state index in [1.165, 1.54) is 11.8 Å². The zero-order chi connectivity index (χ0) is 11.3. The standard InChI is InChI=1S/C11H14N2O2/c1-8(2)10-5-3-9(4-6-10)7-12-13-11(14)15/h3-8,13H,1-2H3,(H,14,15)/b12-7+. The summed E-state index contributed by atoms with van der Waals surface area (Å²) in [5, 5.41) is 11.8. The Labute approximate surface area is 88.6 Å². The van der Waals surface area contributed by atoms with Crippen LogP contribution in [0, 0.1) is 0 Å². The van der Waals surface area contributed by atoms with E-state index in [-0.39, 0.29) is 0 Å². The second kappa shape index (κ2) is 5.14. The Kier molecular flexibility index (Phi) is 3.85. The van der Waals surface area contributed by atoms with Crippen molar-refractivity contribution in [2.75, 3.05) is 0 Å². The van der Waals surface area contributed by atoms with Crippen LogP contribution in [0.2, 0.25) is 0 Å². The number of nitrogens with one attached hydrogen (secondary N) is 1. The van der Waals surface area contributed by atoms with Gasteiger partial charge in [0.15, 0.2) is 0 Å². The van der Waals surface area contributed by atoms with Gasteiger partial charge in [-0.1, -0.05) is 38.1 Å². The Morgan fingerprint density at radius 3 is 2.47 bits per heavy atom. The summed E-state index contributed by atoms with van der Waals surface area (Å²) in [5.41, 5.74) is 4.03. The summed E-state index contributed by atoms with van der Waals surface area (Å²) in [6.07, 6.45) is 0.308. The minimum absolute atomic E-state index is 0.494. The van der Waals surface area contributed by atoms with E-state index in [4.69, 9.17) is 5.11 Å². The fraction of sp³-hybridized carbons (Fsp3) is 0.273. The van der Waals surface area contributed by atoms with Crippen molar-refractivity contribution in [3.05, 3.63) is 35.4 Å². The summed E-state index contributed by atoms with van der Waals surface area (Å²) < 4.78 is 0. The molecule has 1 rings (SSSR count). The molecule has 4 nitrogen and oxygen atoms in total. The van der Waals surface area contributed by atoms with Gasteiger partial charge in [-0.15, -0.1) is 0 Å². The maximum absolute atomic E-state index is 10.1. The van der Waals surface area contributed by atoms with Gasteiger partial charge in [0.25, 0.3) is 0 Å². The summed E-state index contributed by atoms with van der Waals surface area (Å²) in [6, 6.07) is 7.82. The Hall–Kier alpha value is -1.84. The summed E-state index contributed by atoms with van der Waals surface area (Å²) >= 11 is 0. The van der Waals surface area contributed by atoms with Gasteiger partial charge in [-0.3, -0.25) is 0 Å². The van der Waals surface area contributed by atoms with Gasteiger partial charge in [0.05, 0.1) is 6.21 Å². The molecule has 0 fully saturated rings. The predicted octanol–water partition coefficient (Wildman–Crippen LogP) is 2.41. The lowest BCUT2D eigenvalue weighted by atomic mass is 10.0. The maximum Gasteiger partial charge on any atom is 0.425 e. The Bertz CT molecular complexity index is 355. The number of carboxylic acid groups (broad SMARTS) is 1. The van der Waals surface area contributed by atoms with Gasteiger partial charge in [0.2, 0.25) is 0 Å². The number of benzene rings is 1. The minimum atomic E-state index is -1.16. The third kappa shape index (κ3) is 3.81. The first-order chi connectivity index (χ1) is 7.09. The first-order valence-corrected chi connectivity index (χ1v) is 4.71. The first kappa shape index (κ1) is 11.2. The third-order valence-electron chi connectivity index (χ3n) is 1.98. The highest BCUT2D eigenvalue weighted by molar-refractivity contribution is 5.80. The van der Waals surface area contributed by atoms with E-state index in [0.717, 1.165) is 5.56 Å². The summed E-state index contributed by atoms with van der Waals surface area (Å²) in [5.74, 6) is 0.494. The molecule has 15 heavy (non-hydrogen) atoms. The number of hydrogen-bond acceptors (Lipinski definition) is 2. The molecular weight excluding hydrogens is 192 g/mol. The van der Waals surface area contributed by atoms with Gasteiger partial charge in [-0.2, -0.15) is 5.10 Å². The van der Waals surface area contributed by atoms with Crippen molar-refractivity contribution in [1.82, 2.24) is 5.43 Å². The molecule has 0 aliphatic carbocycles. The largest absolute Gasteiger partial charge is 0.464 e. The Morgan fingerprint density at radius 2 is 2.00 bits per heavy atom. The van der Waals surface area contributed by atoms with Gasteiger partial charge in [0.1, 0.15) is 0 Å². The average Bonchev–Trinajstić information content (AvgIpc) is 2.18. The van der Waals surface area contributed by atoms with Gasteiger partial charge in [-0.25, -0.2) is 10.2 Å². The molecule has 80 valence electrons. The van der Waals surface area contributed by atoms with E-state index in [9.17, 15) is 4.79 Å². The smallest absolute Gasteiger partial charge is 0.425 e. The average molecular weight is 206 g/mol. The van der Waals surface area contributed by atoms with E-state index in [1.807, 2.05) is 29.7 Å². The molecule has 4 heteroatoms. The molecular formula is C11H14N2O2. The quantitative estimate of drug-likeness (QED) is 0.589. The minimum Gasteiger partial charge on any atom is -0.464 e. The van der Waals surface area contributed by atoms with Gasteiger partial charge in [0, 0.05) is 0 Å². The third-order valence-corrected chi connectivity index (χ3v) is 1.98. The van der Waals surface area contributed by atoms with Crippen molar-refractivity contribution in [3.63, 3.8) is 0 Å². The lowest BCUT2D eigenvalue weighted by molar-refractivity contribution is 0.195. The highest BCUT2D eigenvalue weighted by Gasteiger charge is 1.97. The predicted molar refractivity (Wildman–Crippen MR) is 59.3 cm³/mol. The molecule has 0 saturated heterocycles. The molecule has 1 aromatic carbocycles. The number of hydrazone groups is 1. The molecule has 0 saturated carbocycles. The first-order valence-electron chi connectivity index (χ1n) is 4.71. The molecule has 1 amide bonds. The van der Waals surface area contributed by atoms with Crippen molar-refractivity contribution < 1.29 is 9.90 Å². The highest BCUT2D eigenvalue weighted by atomic mass is 16.4. The van der Waals surface area contributed by atoms with Crippen LogP contribution in [0.1, 0.15) is 30.9 Å². The van der Waals surface area contributed by atoms with Crippen LogP contribution in [-0.4, -0.2) is 17.4 Å². The Morgan fingerprint density at radius 1 is 1.40 bits per heavy atom. The SMILES string of the molecule is CC(C)c1ccc(/C=N/NC(=O)O)cc1. The van der Waals surface area contributed by atoms with E-state index >= 15 is 0 Å². The van der Waals surface area contributed by atoms with Crippen LogP contribution in [0.25, 0.3) is 0 Å². The monoisotopic (exact) mass is 206 g/mol. The molecule has 2 N–H and O–H groups in total. The van der Waals surface area contributed by atoms with Gasteiger partial charge < -0.3 is 5.11 Å². The second-order valence-electron chi connectivity index (χ2n) is 3.50. The van der Waals surface area contributed by atoms with Crippen LogP contribution in [0.3, 0.4) is 0 Å². The second-order valence-corrected chi connectivity index (χ2v) is 3.50. The van der Waals surface area contributed by atoms with Crippen molar-refractivity contribution in [3.8, 4) is 0 Å². The van der Waals surface area contributed by atoms with Gasteiger partial charge in [-0.05, 0) is 17.0 Å². The van der Waals surface area contributed by atoms with Crippen LogP contribution in [-0.2, 0) is 0 Å². The fourth-order valence-corrected chi connectivity index (χ4v) is 1.13. The van der Waals surface area contributed by atoms with Crippen molar-refractivity contribution in [1.29, 1.82) is 0 Å². The molecule has 0 atom stereocenters. The summed E-state index contributed by atoms with van der Waals surface area (Å²) in [7, 11) is 0. The van der Waals surface area contributed by atoms with E-state index < -0.39 is 6.09 Å². The topological polar surface area (TPSA) is 61.7 Å². The number of rotatable bonds is 3. The van der Waals surface area contributed by atoms with Crippen molar-refractivity contribution >= 4 is 12.3 Å². The van der Waals surface area contributed by atoms with Crippen LogP contribution < -0.4 is 5.43 Å². The Balaban J connectivity index is 2.64. The fourth-order valence-electron chi connectivity index (χ4n) is 1.13. The molecule has 0 aromatic heterocycles. The molecule has 0 aliphatic rings. The van der Waals surface area contributed by atoms with E-state index in [1.54, 1.807) is 0 Å². The zero-order valence-electron chi connectivity index (χ0n) is 8.77. The van der Waals surface area contributed by atoms with Gasteiger partial charge >= 0.3 is 6.09 Å². The lowest BCUT2D eigenvalue weighted by Crippen LogP contribution is -2.13. The number of amides is 1. The lowest BCUT2D eigenvalue weighted by Gasteiger charge is -2.04. The maximum atomic E-state index is 10.1. The van der Waals surface area contributed by atoms with Crippen LogP contribution >= 0.6 is 0 Å². The van der Waals surface area contributed by atoms with E-state index in [0.29, 0.717) is 5.92 Å². The van der Waals surface area contributed by atoms with Crippen LogP contribution in [0.5, 0.6) is 0 Å². The number of hydrogen-bond donors (Lipinski definition) is 2.